The van der Waals surface area contributed by atoms with Gasteiger partial charge in [0.2, 0.25) is 5.89 Å². The lowest BCUT2D eigenvalue weighted by Crippen LogP contribution is -2.27. The van der Waals surface area contributed by atoms with Gasteiger partial charge in [0.25, 0.3) is 0 Å². The average molecular weight is 329 g/mol. The Hall–Kier alpha value is -0.240. The van der Waals surface area contributed by atoms with E-state index >= 15 is 0 Å². The van der Waals surface area contributed by atoms with Gasteiger partial charge in [0, 0.05) is 29.8 Å². The van der Waals surface area contributed by atoms with Gasteiger partial charge in [0.1, 0.15) is 0 Å². The maximum absolute atomic E-state index is 5.51. The predicted molar refractivity (Wildman–Crippen MR) is 88.8 cm³/mol. The number of nitrogens with one attached hydrogen (secondary N) is 1. The highest BCUT2D eigenvalue weighted by atomic mass is 32.2. The van der Waals surface area contributed by atoms with E-state index in [1.165, 1.54) is 24.3 Å². The zero-order valence-corrected chi connectivity index (χ0v) is 14.2. The van der Waals surface area contributed by atoms with Gasteiger partial charge in [-0.3, -0.25) is 4.90 Å². The van der Waals surface area contributed by atoms with Crippen LogP contribution in [0.15, 0.2) is 4.52 Å². The summed E-state index contributed by atoms with van der Waals surface area (Å²) in [6.45, 7) is 7.37. The molecule has 21 heavy (non-hydrogen) atoms. The number of rotatable bonds is 4. The first-order valence-corrected chi connectivity index (χ1v) is 9.95. The summed E-state index contributed by atoms with van der Waals surface area (Å²) in [5.74, 6) is 4.11. The number of hydrogen-bond acceptors (Lipinski definition) is 7. The van der Waals surface area contributed by atoms with E-state index in [1.807, 2.05) is 11.8 Å². The molecule has 0 radical (unpaired) electrons. The minimum atomic E-state index is 0.400. The van der Waals surface area contributed by atoms with Gasteiger partial charge in [-0.15, -0.1) is 11.8 Å². The standard InChI is InChI=1S/C14H24N4OS2/c1-2-11-13(21-9-8-20-11)14-16-12(19-17-14)10-18-6-3-4-15-5-7-18/h11,13,15H,2-10H2,1H3. The summed E-state index contributed by atoms with van der Waals surface area (Å²) in [6.07, 6.45) is 2.36. The summed E-state index contributed by atoms with van der Waals surface area (Å²) in [5.41, 5.74) is 0. The van der Waals surface area contributed by atoms with E-state index in [0.717, 1.165) is 44.4 Å². The molecule has 2 aliphatic rings. The fourth-order valence-electron chi connectivity index (χ4n) is 2.84. The van der Waals surface area contributed by atoms with E-state index in [9.17, 15) is 0 Å². The van der Waals surface area contributed by atoms with Crippen LogP contribution in [-0.2, 0) is 6.54 Å². The maximum Gasteiger partial charge on any atom is 0.240 e. The number of thioether (sulfide) groups is 2. The first kappa shape index (κ1) is 15.6. The van der Waals surface area contributed by atoms with Crippen LogP contribution in [0.2, 0.25) is 0 Å². The second-order valence-electron chi connectivity index (χ2n) is 5.53. The molecular weight excluding hydrogens is 304 g/mol. The van der Waals surface area contributed by atoms with Crippen molar-refractivity contribution in [1.82, 2.24) is 20.4 Å². The summed E-state index contributed by atoms with van der Waals surface area (Å²) >= 11 is 4.03. The van der Waals surface area contributed by atoms with E-state index in [4.69, 9.17) is 4.52 Å². The van der Waals surface area contributed by atoms with Crippen LogP contribution in [0.4, 0.5) is 0 Å². The summed E-state index contributed by atoms with van der Waals surface area (Å²) in [5, 5.41) is 8.71. The lowest BCUT2D eigenvalue weighted by molar-refractivity contribution is 0.238. The molecule has 0 aliphatic carbocycles. The molecule has 0 amide bonds. The number of hydrogen-bond donors (Lipinski definition) is 1. The normalized spacial score (nSPS) is 28.4. The SMILES string of the molecule is CCC1SCCSC1c1noc(CN2CCCNCC2)n1. The highest BCUT2D eigenvalue weighted by molar-refractivity contribution is 8.06. The monoisotopic (exact) mass is 328 g/mol. The maximum atomic E-state index is 5.51. The average Bonchev–Trinajstić information content (AvgIpc) is 2.83. The van der Waals surface area contributed by atoms with Crippen LogP contribution in [0.25, 0.3) is 0 Å². The van der Waals surface area contributed by atoms with Crippen molar-refractivity contribution in [1.29, 1.82) is 0 Å². The fourth-order valence-corrected chi connectivity index (χ4v) is 5.82. The smallest absolute Gasteiger partial charge is 0.240 e. The molecule has 1 N–H and O–H groups in total. The largest absolute Gasteiger partial charge is 0.338 e. The van der Waals surface area contributed by atoms with Crippen molar-refractivity contribution < 1.29 is 4.52 Å². The zero-order valence-electron chi connectivity index (χ0n) is 12.6. The molecule has 7 heteroatoms. The zero-order chi connectivity index (χ0) is 14.5. The molecule has 3 rings (SSSR count). The van der Waals surface area contributed by atoms with Crippen LogP contribution < -0.4 is 5.32 Å². The third-order valence-corrected chi connectivity index (χ3v) is 7.23. The number of aromatic nitrogens is 2. The lowest BCUT2D eigenvalue weighted by atomic mass is 10.2. The van der Waals surface area contributed by atoms with Gasteiger partial charge in [-0.2, -0.15) is 16.7 Å². The van der Waals surface area contributed by atoms with Crippen LogP contribution in [0.3, 0.4) is 0 Å². The Balaban J connectivity index is 1.62. The molecule has 2 unspecified atom stereocenters. The molecule has 5 nitrogen and oxygen atoms in total. The fraction of sp³-hybridized carbons (Fsp3) is 0.857. The van der Waals surface area contributed by atoms with E-state index in [0.29, 0.717) is 10.5 Å². The van der Waals surface area contributed by atoms with Gasteiger partial charge in [0.15, 0.2) is 5.82 Å². The molecule has 0 spiro atoms. The molecule has 0 saturated carbocycles. The summed E-state index contributed by atoms with van der Waals surface area (Å²) in [6, 6.07) is 0. The molecule has 3 heterocycles. The van der Waals surface area contributed by atoms with Crippen molar-refractivity contribution in [3.8, 4) is 0 Å². The van der Waals surface area contributed by atoms with Gasteiger partial charge in [-0.1, -0.05) is 12.1 Å². The third-order valence-electron chi connectivity index (χ3n) is 3.98. The summed E-state index contributed by atoms with van der Waals surface area (Å²) in [7, 11) is 0. The highest BCUT2D eigenvalue weighted by Crippen LogP contribution is 2.42. The second-order valence-corrected chi connectivity index (χ2v) is 8.13. The van der Waals surface area contributed by atoms with Crippen LogP contribution in [0.5, 0.6) is 0 Å². The Morgan fingerprint density at radius 3 is 3.10 bits per heavy atom. The minimum Gasteiger partial charge on any atom is -0.338 e. The van der Waals surface area contributed by atoms with Crippen molar-refractivity contribution in [2.45, 2.75) is 36.8 Å². The molecule has 2 fully saturated rings. The van der Waals surface area contributed by atoms with Crippen LogP contribution in [0, 0.1) is 0 Å². The van der Waals surface area contributed by atoms with E-state index in [-0.39, 0.29) is 0 Å². The van der Waals surface area contributed by atoms with Crippen molar-refractivity contribution in [3.05, 3.63) is 11.7 Å². The Kier molecular flexibility index (Phi) is 5.85. The van der Waals surface area contributed by atoms with Crippen molar-refractivity contribution in [2.75, 3.05) is 37.7 Å². The first-order valence-electron chi connectivity index (χ1n) is 7.85. The van der Waals surface area contributed by atoms with Crippen LogP contribution >= 0.6 is 23.5 Å². The topological polar surface area (TPSA) is 54.2 Å². The summed E-state index contributed by atoms with van der Waals surface area (Å²) < 4.78 is 5.51. The van der Waals surface area contributed by atoms with Crippen molar-refractivity contribution >= 4 is 23.5 Å². The van der Waals surface area contributed by atoms with Gasteiger partial charge in [0.05, 0.1) is 11.8 Å². The van der Waals surface area contributed by atoms with E-state index < -0.39 is 0 Å². The minimum absolute atomic E-state index is 0.400. The van der Waals surface area contributed by atoms with Gasteiger partial charge in [-0.25, -0.2) is 0 Å². The summed E-state index contributed by atoms with van der Waals surface area (Å²) in [4.78, 5) is 7.08. The predicted octanol–water partition coefficient (Wildman–Crippen LogP) is 2.16. The molecule has 2 aliphatic heterocycles. The molecule has 0 aromatic carbocycles. The van der Waals surface area contributed by atoms with Crippen LogP contribution in [-0.4, -0.2) is 58.0 Å². The Bertz CT molecular complexity index is 434. The third kappa shape index (κ3) is 4.15. The van der Waals surface area contributed by atoms with Gasteiger partial charge in [-0.05, 0) is 25.9 Å². The van der Waals surface area contributed by atoms with Crippen molar-refractivity contribution in [2.24, 2.45) is 0 Å². The highest BCUT2D eigenvalue weighted by Gasteiger charge is 2.30. The molecule has 0 bridgehead atoms. The molecule has 1 aromatic heterocycles. The first-order chi connectivity index (χ1) is 10.4. The van der Waals surface area contributed by atoms with E-state index in [2.05, 4.69) is 39.0 Å². The Labute approximate surface area is 135 Å². The van der Waals surface area contributed by atoms with Gasteiger partial charge >= 0.3 is 0 Å². The van der Waals surface area contributed by atoms with Gasteiger partial charge < -0.3 is 9.84 Å². The Morgan fingerprint density at radius 1 is 1.29 bits per heavy atom. The molecule has 118 valence electrons. The quantitative estimate of drug-likeness (QED) is 0.909. The molecule has 1 aromatic rings. The van der Waals surface area contributed by atoms with Crippen molar-refractivity contribution in [3.63, 3.8) is 0 Å². The molecule has 2 atom stereocenters. The van der Waals surface area contributed by atoms with Crippen LogP contribution in [0.1, 0.15) is 36.7 Å². The molecular formula is C14H24N4OS2. The second kappa shape index (κ2) is 7.85. The Morgan fingerprint density at radius 2 is 2.19 bits per heavy atom. The number of nitrogens with zero attached hydrogens (tertiary/aromatic N) is 3. The molecule has 2 saturated heterocycles. The lowest BCUT2D eigenvalue weighted by Gasteiger charge is -2.27. The van der Waals surface area contributed by atoms with E-state index in [1.54, 1.807) is 0 Å².